The summed E-state index contributed by atoms with van der Waals surface area (Å²) < 4.78 is 35.7. The van der Waals surface area contributed by atoms with E-state index in [9.17, 15) is 13.2 Å². The molecule has 2 nitrogen and oxygen atoms in total. The van der Waals surface area contributed by atoms with Crippen LogP contribution in [0.25, 0.3) is 0 Å². The predicted octanol–water partition coefficient (Wildman–Crippen LogP) is 1.35. The first-order chi connectivity index (χ1) is 7.00. The van der Waals surface area contributed by atoms with Crippen molar-refractivity contribution in [1.29, 1.82) is 0 Å². The predicted molar refractivity (Wildman–Crippen MR) is 58.5 cm³/mol. The molecule has 2 N–H and O–H groups in total. The van der Waals surface area contributed by atoms with Gasteiger partial charge in [0.25, 0.3) is 0 Å². The highest BCUT2D eigenvalue weighted by atomic mass is 32.2. The third-order valence-electron chi connectivity index (χ3n) is 1.97. The molecular formula is C8H14F3NOS2. The van der Waals surface area contributed by atoms with Gasteiger partial charge in [0.15, 0.2) is 6.10 Å². The summed E-state index contributed by atoms with van der Waals surface area (Å²) in [6.45, 7) is 0.121. The smallest absolute Gasteiger partial charge is 0.382 e. The zero-order chi connectivity index (χ0) is 11.3. The molecule has 1 heterocycles. The maximum Gasteiger partial charge on any atom is 0.415 e. The molecule has 0 aromatic rings. The van der Waals surface area contributed by atoms with Gasteiger partial charge in [0.05, 0.1) is 0 Å². The van der Waals surface area contributed by atoms with Gasteiger partial charge in [-0.2, -0.15) is 36.7 Å². The summed E-state index contributed by atoms with van der Waals surface area (Å²) in [6.07, 6.45) is -6.76. The van der Waals surface area contributed by atoms with Crippen molar-refractivity contribution < 1.29 is 18.3 Å². The van der Waals surface area contributed by atoms with Crippen LogP contribution in [0.4, 0.5) is 13.2 Å². The van der Waals surface area contributed by atoms with Crippen molar-refractivity contribution in [2.45, 2.75) is 17.5 Å². The lowest BCUT2D eigenvalue weighted by molar-refractivity contribution is -0.201. The largest absolute Gasteiger partial charge is 0.415 e. The Bertz CT molecular complexity index is 185. The Morgan fingerprint density at radius 1 is 1.40 bits per heavy atom. The van der Waals surface area contributed by atoms with E-state index in [4.69, 9.17) is 5.11 Å². The molecule has 0 aliphatic carbocycles. The summed E-state index contributed by atoms with van der Waals surface area (Å²) in [5.74, 6) is 3.14. The lowest BCUT2D eigenvalue weighted by Gasteiger charge is -2.22. The fourth-order valence-corrected chi connectivity index (χ4v) is 3.80. The monoisotopic (exact) mass is 261 g/mol. The first kappa shape index (κ1) is 13.5. The Labute approximate surface area is 95.4 Å². The summed E-state index contributed by atoms with van der Waals surface area (Å²) in [5, 5.41) is 11.7. The molecule has 15 heavy (non-hydrogen) atoms. The summed E-state index contributed by atoms with van der Waals surface area (Å²) in [5.41, 5.74) is 0. The highest BCUT2D eigenvalue weighted by Crippen LogP contribution is 2.23. The van der Waals surface area contributed by atoms with Gasteiger partial charge < -0.3 is 10.4 Å². The number of nitrogens with one attached hydrogen (secondary N) is 1. The Morgan fingerprint density at radius 2 is 2.13 bits per heavy atom. The van der Waals surface area contributed by atoms with E-state index >= 15 is 0 Å². The molecule has 0 aromatic heterocycles. The van der Waals surface area contributed by atoms with Crippen LogP contribution in [0.3, 0.4) is 0 Å². The van der Waals surface area contributed by atoms with E-state index in [1.54, 1.807) is 11.8 Å². The van der Waals surface area contributed by atoms with E-state index in [0.29, 0.717) is 11.8 Å². The molecule has 0 radical (unpaired) electrons. The Hall–Kier alpha value is 0.410. The molecule has 2 unspecified atom stereocenters. The minimum Gasteiger partial charge on any atom is -0.382 e. The van der Waals surface area contributed by atoms with Crippen LogP contribution in [0, 0.1) is 0 Å². The molecule has 0 bridgehead atoms. The number of rotatable bonds is 4. The minimum absolute atomic E-state index is 0.365. The van der Waals surface area contributed by atoms with Gasteiger partial charge in [-0.05, 0) is 0 Å². The molecular weight excluding hydrogens is 247 g/mol. The second-order valence-corrected chi connectivity index (χ2v) is 5.84. The van der Waals surface area contributed by atoms with Crippen LogP contribution in [0.1, 0.15) is 0 Å². The molecule has 2 atom stereocenters. The van der Waals surface area contributed by atoms with E-state index in [1.807, 2.05) is 11.8 Å². The van der Waals surface area contributed by atoms with Gasteiger partial charge in [-0.15, -0.1) is 0 Å². The molecule has 1 aliphatic heterocycles. The van der Waals surface area contributed by atoms with Crippen LogP contribution >= 0.6 is 23.5 Å². The molecule has 7 heteroatoms. The Kier molecular flexibility index (Phi) is 5.59. The molecule has 0 aromatic carbocycles. The van der Waals surface area contributed by atoms with Crippen LogP contribution < -0.4 is 5.32 Å². The first-order valence-corrected chi connectivity index (χ1v) is 6.85. The SMILES string of the molecule is OC(CNCC1CSCCS1)C(F)(F)F. The maximum absolute atomic E-state index is 11.9. The number of alkyl halides is 3. The van der Waals surface area contributed by atoms with Crippen molar-refractivity contribution in [3.8, 4) is 0 Å². The van der Waals surface area contributed by atoms with Crippen molar-refractivity contribution in [2.24, 2.45) is 0 Å². The number of thioether (sulfide) groups is 2. The van der Waals surface area contributed by atoms with Crippen molar-refractivity contribution in [1.82, 2.24) is 5.32 Å². The second kappa shape index (κ2) is 6.22. The number of halogens is 3. The molecule has 0 saturated carbocycles. The number of aliphatic hydroxyl groups excluding tert-OH is 1. The Morgan fingerprint density at radius 3 is 2.67 bits per heavy atom. The van der Waals surface area contributed by atoms with Gasteiger partial charge in [0.1, 0.15) is 0 Å². The Balaban J connectivity index is 2.10. The molecule has 1 rings (SSSR count). The van der Waals surface area contributed by atoms with E-state index in [1.165, 1.54) is 0 Å². The highest BCUT2D eigenvalue weighted by molar-refractivity contribution is 8.06. The number of aliphatic hydroxyl groups is 1. The number of hydrogen-bond donors (Lipinski definition) is 2. The molecule has 1 fully saturated rings. The summed E-state index contributed by atoms with van der Waals surface area (Å²) in [7, 11) is 0. The van der Waals surface area contributed by atoms with Gasteiger partial charge in [0, 0.05) is 35.6 Å². The normalized spacial score (nSPS) is 25.2. The van der Waals surface area contributed by atoms with E-state index < -0.39 is 18.8 Å². The summed E-state index contributed by atoms with van der Waals surface area (Å²) in [6, 6.07) is 0. The number of hydrogen-bond acceptors (Lipinski definition) is 4. The van der Waals surface area contributed by atoms with Gasteiger partial charge in [-0.3, -0.25) is 0 Å². The average molecular weight is 261 g/mol. The molecule has 90 valence electrons. The first-order valence-electron chi connectivity index (χ1n) is 4.65. The molecule has 0 amide bonds. The van der Waals surface area contributed by atoms with Crippen molar-refractivity contribution >= 4 is 23.5 Å². The van der Waals surface area contributed by atoms with Crippen molar-refractivity contribution in [3.63, 3.8) is 0 Å². The van der Waals surface area contributed by atoms with Crippen LogP contribution in [-0.2, 0) is 0 Å². The van der Waals surface area contributed by atoms with Crippen LogP contribution in [0.15, 0.2) is 0 Å². The fraction of sp³-hybridized carbons (Fsp3) is 1.00. The quantitative estimate of drug-likeness (QED) is 0.800. The van der Waals surface area contributed by atoms with Crippen LogP contribution in [0.2, 0.25) is 0 Å². The lowest BCUT2D eigenvalue weighted by atomic mass is 10.3. The molecule has 1 aliphatic rings. The third kappa shape index (κ3) is 5.33. The highest BCUT2D eigenvalue weighted by Gasteiger charge is 2.37. The zero-order valence-electron chi connectivity index (χ0n) is 8.09. The van der Waals surface area contributed by atoms with Gasteiger partial charge in [-0.25, -0.2) is 0 Å². The standard InChI is InChI=1S/C8H14F3NOS2/c9-8(10,11)7(13)4-12-3-6-5-14-1-2-15-6/h6-7,12-13H,1-5H2. The fourth-order valence-electron chi connectivity index (χ4n) is 1.15. The van der Waals surface area contributed by atoms with E-state index in [0.717, 1.165) is 17.3 Å². The van der Waals surface area contributed by atoms with Gasteiger partial charge in [-0.1, -0.05) is 0 Å². The van der Waals surface area contributed by atoms with Crippen LogP contribution in [0.5, 0.6) is 0 Å². The van der Waals surface area contributed by atoms with Crippen LogP contribution in [-0.4, -0.2) is 53.0 Å². The average Bonchev–Trinajstić information content (AvgIpc) is 2.18. The topological polar surface area (TPSA) is 32.3 Å². The maximum atomic E-state index is 11.9. The zero-order valence-corrected chi connectivity index (χ0v) is 9.72. The second-order valence-electron chi connectivity index (χ2n) is 3.28. The third-order valence-corrected chi connectivity index (χ3v) is 4.82. The van der Waals surface area contributed by atoms with Gasteiger partial charge in [0.2, 0.25) is 0 Å². The van der Waals surface area contributed by atoms with Crippen molar-refractivity contribution in [2.75, 3.05) is 30.3 Å². The van der Waals surface area contributed by atoms with Gasteiger partial charge >= 0.3 is 6.18 Å². The minimum atomic E-state index is -4.51. The lowest BCUT2D eigenvalue weighted by Crippen LogP contribution is -2.41. The summed E-state index contributed by atoms with van der Waals surface area (Å²) in [4.78, 5) is 0. The molecule has 0 spiro atoms. The van der Waals surface area contributed by atoms with Crippen molar-refractivity contribution in [3.05, 3.63) is 0 Å². The van der Waals surface area contributed by atoms with E-state index in [2.05, 4.69) is 5.32 Å². The van der Waals surface area contributed by atoms with E-state index in [-0.39, 0.29) is 0 Å². The molecule has 1 saturated heterocycles. The summed E-state index contributed by atoms with van der Waals surface area (Å²) >= 11 is 3.60.